The molecule has 23 heavy (non-hydrogen) atoms. The molecule has 0 aliphatic heterocycles. The van der Waals surface area contributed by atoms with Crippen molar-refractivity contribution in [3.05, 3.63) is 47.8 Å². The van der Waals surface area contributed by atoms with Gasteiger partial charge in [-0.05, 0) is 32.4 Å². The number of aromatic amines is 1. The van der Waals surface area contributed by atoms with E-state index in [4.69, 9.17) is 0 Å². The number of H-pyrrole nitrogens is 1. The number of nitrogens with one attached hydrogen (secondary N) is 2. The van der Waals surface area contributed by atoms with Crippen LogP contribution in [0.4, 0.5) is 4.79 Å². The van der Waals surface area contributed by atoms with Crippen molar-refractivity contribution >= 4 is 6.03 Å². The minimum Gasteiger partial charge on any atom is -0.344 e. The van der Waals surface area contributed by atoms with Crippen molar-refractivity contribution < 1.29 is 4.79 Å². The maximum atomic E-state index is 12.6. The lowest BCUT2D eigenvalue weighted by atomic mass is 10.2. The Balaban J connectivity index is 2.00. The van der Waals surface area contributed by atoms with E-state index in [0.29, 0.717) is 13.1 Å². The normalized spacial score (nSPS) is 12.0. The molecule has 2 N–H and O–H groups in total. The number of carbonyl (C=O) groups is 1. The van der Waals surface area contributed by atoms with Crippen molar-refractivity contribution in [2.45, 2.75) is 46.2 Å². The summed E-state index contributed by atoms with van der Waals surface area (Å²) in [5.74, 6) is 0.768. The molecule has 6 heteroatoms. The molecule has 2 rings (SSSR count). The van der Waals surface area contributed by atoms with Crippen molar-refractivity contribution in [2.24, 2.45) is 0 Å². The predicted molar refractivity (Wildman–Crippen MR) is 89.8 cm³/mol. The highest BCUT2D eigenvalue weighted by molar-refractivity contribution is 5.74. The Hall–Kier alpha value is -2.37. The lowest BCUT2D eigenvalue weighted by molar-refractivity contribution is 0.190. The van der Waals surface area contributed by atoms with E-state index in [1.54, 1.807) is 17.3 Å². The molecule has 0 saturated heterocycles. The number of aryl methyl sites for hydroxylation is 1. The number of imidazole rings is 1. The summed E-state index contributed by atoms with van der Waals surface area (Å²) in [6.07, 6.45) is 5.52. The third kappa shape index (κ3) is 5.09. The van der Waals surface area contributed by atoms with Crippen LogP contribution < -0.4 is 5.32 Å². The first-order chi connectivity index (χ1) is 11.1. The molecule has 1 unspecified atom stereocenters. The number of hydrogen-bond acceptors (Lipinski definition) is 3. The van der Waals surface area contributed by atoms with E-state index < -0.39 is 0 Å². The second kappa shape index (κ2) is 8.31. The van der Waals surface area contributed by atoms with Crippen LogP contribution in [0, 0.1) is 6.92 Å². The smallest absolute Gasteiger partial charge is 0.318 e. The summed E-state index contributed by atoms with van der Waals surface area (Å²) in [5.41, 5.74) is 1.87. The maximum absolute atomic E-state index is 12.6. The average molecular weight is 315 g/mol. The van der Waals surface area contributed by atoms with Gasteiger partial charge in [0.05, 0.1) is 18.3 Å². The zero-order valence-corrected chi connectivity index (χ0v) is 14.0. The van der Waals surface area contributed by atoms with Crippen molar-refractivity contribution in [3.8, 4) is 0 Å². The van der Waals surface area contributed by atoms with Crippen LogP contribution in [-0.4, -0.2) is 32.4 Å². The summed E-state index contributed by atoms with van der Waals surface area (Å²) in [6, 6.07) is 5.49. The molecule has 0 spiro atoms. The van der Waals surface area contributed by atoms with E-state index in [-0.39, 0.29) is 12.1 Å². The van der Waals surface area contributed by atoms with Crippen LogP contribution in [0.1, 0.15) is 49.9 Å². The Morgan fingerprint density at radius 2 is 2.22 bits per heavy atom. The highest BCUT2D eigenvalue weighted by Gasteiger charge is 2.18. The Labute approximate surface area is 137 Å². The number of urea groups is 1. The molecule has 1 atom stereocenters. The SMILES string of the molecule is CCCCN(Cc1ccccn1)C(=O)NC(C)c1ncc(C)[nH]1. The summed E-state index contributed by atoms with van der Waals surface area (Å²) >= 11 is 0. The average Bonchev–Trinajstić information content (AvgIpc) is 2.99. The minimum atomic E-state index is -0.163. The maximum Gasteiger partial charge on any atom is 0.318 e. The number of nitrogens with zero attached hydrogens (tertiary/aromatic N) is 3. The summed E-state index contributed by atoms with van der Waals surface area (Å²) in [6.45, 7) is 7.21. The van der Waals surface area contributed by atoms with Crippen LogP contribution >= 0.6 is 0 Å². The second-order valence-electron chi connectivity index (χ2n) is 5.72. The molecule has 2 amide bonds. The highest BCUT2D eigenvalue weighted by Crippen LogP contribution is 2.10. The van der Waals surface area contributed by atoms with Gasteiger partial charge < -0.3 is 15.2 Å². The molecule has 0 fully saturated rings. The van der Waals surface area contributed by atoms with Gasteiger partial charge in [-0.3, -0.25) is 4.98 Å². The molecule has 2 heterocycles. The second-order valence-corrected chi connectivity index (χ2v) is 5.72. The Kier molecular flexibility index (Phi) is 6.14. The van der Waals surface area contributed by atoms with Gasteiger partial charge in [0.25, 0.3) is 0 Å². The first-order valence-corrected chi connectivity index (χ1v) is 8.07. The molecular weight excluding hydrogens is 290 g/mol. The minimum absolute atomic E-state index is 0.0920. The monoisotopic (exact) mass is 315 g/mol. The standard InChI is InChI=1S/C17H25N5O/c1-4-5-10-22(12-15-8-6-7-9-18-15)17(23)21-14(3)16-19-11-13(2)20-16/h6-9,11,14H,4-5,10,12H2,1-3H3,(H,19,20)(H,21,23). The summed E-state index contributed by atoms with van der Waals surface area (Å²) in [7, 11) is 0. The van der Waals surface area contributed by atoms with Gasteiger partial charge in [-0.1, -0.05) is 19.4 Å². The van der Waals surface area contributed by atoms with Gasteiger partial charge in [0.2, 0.25) is 0 Å². The van der Waals surface area contributed by atoms with Gasteiger partial charge in [0, 0.05) is 24.6 Å². The van der Waals surface area contributed by atoms with E-state index in [1.807, 2.05) is 32.0 Å². The number of hydrogen-bond donors (Lipinski definition) is 2. The van der Waals surface area contributed by atoms with Crippen molar-refractivity contribution in [1.82, 2.24) is 25.2 Å². The molecule has 0 aliphatic carbocycles. The van der Waals surface area contributed by atoms with Crippen molar-refractivity contribution in [2.75, 3.05) is 6.54 Å². The summed E-state index contributed by atoms with van der Waals surface area (Å²) in [5, 5.41) is 3.00. The lowest BCUT2D eigenvalue weighted by Gasteiger charge is -2.24. The van der Waals surface area contributed by atoms with E-state index in [0.717, 1.165) is 30.1 Å². The van der Waals surface area contributed by atoms with Crippen LogP contribution in [0.2, 0.25) is 0 Å². The molecule has 0 bridgehead atoms. The predicted octanol–water partition coefficient (Wildman–Crippen LogP) is 3.19. The Bertz CT molecular complexity index is 610. The number of pyridine rings is 1. The third-order valence-electron chi connectivity index (χ3n) is 3.62. The van der Waals surface area contributed by atoms with E-state index in [9.17, 15) is 4.79 Å². The van der Waals surface area contributed by atoms with Gasteiger partial charge in [0.15, 0.2) is 0 Å². The molecule has 0 saturated carbocycles. The van der Waals surface area contributed by atoms with Crippen LogP contribution in [0.15, 0.2) is 30.6 Å². The molecule has 124 valence electrons. The molecule has 6 nitrogen and oxygen atoms in total. The Morgan fingerprint density at radius 1 is 1.39 bits per heavy atom. The molecule has 0 radical (unpaired) electrons. The number of unbranched alkanes of at least 4 members (excludes halogenated alkanes) is 1. The van der Waals surface area contributed by atoms with Crippen LogP contribution in [0.25, 0.3) is 0 Å². The third-order valence-corrected chi connectivity index (χ3v) is 3.62. The van der Waals surface area contributed by atoms with Crippen molar-refractivity contribution in [1.29, 1.82) is 0 Å². The van der Waals surface area contributed by atoms with Gasteiger partial charge in [0.1, 0.15) is 5.82 Å². The fourth-order valence-corrected chi connectivity index (χ4v) is 2.29. The van der Waals surface area contributed by atoms with Gasteiger partial charge in [-0.15, -0.1) is 0 Å². The largest absolute Gasteiger partial charge is 0.344 e. The Morgan fingerprint density at radius 3 is 2.83 bits per heavy atom. The van der Waals surface area contributed by atoms with Gasteiger partial charge >= 0.3 is 6.03 Å². The molecular formula is C17H25N5O. The summed E-state index contributed by atoms with van der Waals surface area (Å²) in [4.78, 5) is 26.1. The highest BCUT2D eigenvalue weighted by atomic mass is 16.2. The number of amides is 2. The first kappa shape index (κ1) is 17.0. The van der Waals surface area contributed by atoms with E-state index in [1.165, 1.54) is 0 Å². The molecule has 2 aromatic rings. The van der Waals surface area contributed by atoms with E-state index >= 15 is 0 Å². The van der Waals surface area contributed by atoms with Gasteiger partial charge in [-0.25, -0.2) is 9.78 Å². The number of rotatable bonds is 7. The van der Waals surface area contributed by atoms with Crippen molar-refractivity contribution in [3.63, 3.8) is 0 Å². The van der Waals surface area contributed by atoms with Crippen LogP contribution in [0.3, 0.4) is 0 Å². The van der Waals surface area contributed by atoms with Crippen LogP contribution in [-0.2, 0) is 6.54 Å². The van der Waals surface area contributed by atoms with Gasteiger partial charge in [-0.2, -0.15) is 0 Å². The number of aromatic nitrogens is 3. The number of carbonyl (C=O) groups excluding carboxylic acids is 1. The topological polar surface area (TPSA) is 73.9 Å². The molecule has 0 aromatic carbocycles. The van der Waals surface area contributed by atoms with E-state index in [2.05, 4.69) is 27.2 Å². The lowest BCUT2D eigenvalue weighted by Crippen LogP contribution is -2.41. The zero-order chi connectivity index (χ0) is 16.7. The first-order valence-electron chi connectivity index (χ1n) is 8.07. The summed E-state index contributed by atoms with van der Waals surface area (Å²) < 4.78 is 0. The molecule has 0 aliphatic rings. The fourth-order valence-electron chi connectivity index (χ4n) is 2.29. The van der Waals surface area contributed by atoms with Crippen LogP contribution in [0.5, 0.6) is 0 Å². The molecule has 2 aromatic heterocycles. The zero-order valence-electron chi connectivity index (χ0n) is 14.0. The fraction of sp³-hybridized carbons (Fsp3) is 0.471. The quantitative estimate of drug-likeness (QED) is 0.824.